The van der Waals surface area contributed by atoms with Gasteiger partial charge in [-0.3, -0.25) is 0 Å². The third kappa shape index (κ3) is 1.70. The Balaban J connectivity index is 2.61. The third-order valence-electron chi connectivity index (χ3n) is 2.18. The van der Waals surface area contributed by atoms with Crippen molar-refractivity contribution in [3.8, 4) is 0 Å². The van der Waals surface area contributed by atoms with E-state index in [1.54, 1.807) is 0 Å². The molecule has 0 heterocycles. The van der Waals surface area contributed by atoms with Gasteiger partial charge in [0, 0.05) is 5.75 Å². The molecule has 0 aliphatic heterocycles. The van der Waals surface area contributed by atoms with E-state index in [-0.39, 0.29) is 0 Å². The topological polar surface area (TPSA) is 0 Å². The quantitative estimate of drug-likeness (QED) is 0.692. The van der Waals surface area contributed by atoms with E-state index in [1.165, 1.54) is 16.3 Å². The molecule has 0 spiro atoms. The Morgan fingerprint density at radius 1 is 1.00 bits per heavy atom. The van der Waals surface area contributed by atoms with E-state index >= 15 is 0 Å². The molecule has 2 aromatic carbocycles. The summed E-state index contributed by atoms with van der Waals surface area (Å²) in [6, 6.07) is 15.1. The van der Waals surface area contributed by atoms with Crippen molar-refractivity contribution in [3.63, 3.8) is 0 Å². The molecule has 0 aliphatic rings. The minimum Gasteiger partial charge on any atom is -0.161 e. The van der Waals surface area contributed by atoms with Crippen LogP contribution in [-0.2, 0) is 5.75 Å². The second-order valence-electron chi connectivity index (χ2n) is 3.07. The first kappa shape index (κ1) is 8.64. The predicted octanol–water partition coefficient (Wildman–Crippen LogP) is 3.70. The molecule has 0 bridgehead atoms. The number of hydrogen-bond donors (Lipinski definition) is 0. The zero-order valence-corrected chi connectivity index (χ0v) is 8.47. The van der Waals surface area contributed by atoms with Crippen LogP contribution in [0.3, 0.4) is 0 Å². The van der Waals surface area contributed by atoms with Crippen LogP contribution in [0.25, 0.3) is 10.8 Å². The van der Waals surface area contributed by atoms with Crippen LogP contribution in [0.1, 0.15) is 5.56 Å². The van der Waals surface area contributed by atoms with Gasteiger partial charge in [0.1, 0.15) is 0 Å². The molecule has 0 N–H and O–H groups in total. The van der Waals surface area contributed by atoms with Crippen molar-refractivity contribution in [2.24, 2.45) is 0 Å². The summed E-state index contributed by atoms with van der Waals surface area (Å²) in [6.45, 7) is 0. The van der Waals surface area contributed by atoms with Gasteiger partial charge in [0.05, 0.1) is 0 Å². The van der Waals surface area contributed by atoms with Gasteiger partial charge in [-0.1, -0.05) is 42.5 Å². The zero-order valence-electron chi connectivity index (χ0n) is 7.66. The second-order valence-corrected chi connectivity index (χ2v) is 3.94. The molecule has 0 radical (unpaired) electrons. The molecule has 1 heteroatoms. The highest BCUT2D eigenvalue weighted by atomic mass is 32.2. The number of benzene rings is 2. The smallest absolute Gasteiger partial charge is 0.0187 e. The maximum Gasteiger partial charge on any atom is 0.0187 e. The fourth-order valence-corrected chi connectivity index (χ4v) is 2.14. The SMILES string of the molecule is CSCc1cccc2ccccc12. The molecule has 2 rings (SSSR count). The maximum atomic E-state index is 2.21. The van der Waals surface area contributed by atoms with Crippen LogP contribution in [0.15, 0.2) is 42.5 Å². The average Bonchev–Trinajstić information content (AvgIpc) is 2.19. The van der Waals surface area contributed by atoms with Crippen LogP contribution in [0.2, 0.25) is 0 Å². The standard InChI is InChI=1S/C12H12S/c1-13-9-11-7-4-6-10-5-2-3-8-12(10)11/h2-8H,9H2,1H3. The predicted molar refractivity (Wildman–Crippen MR) is 61.2 cm³/mol. The summed E-state index contributed by atoms with van der Waals surface area (Å²) in [5, 5.41) is 2.73. The van der Waals surface area contributed by atoms with Crippen LogP contribution in [-0.4, -0.2) is 6.26 Å². The van der Waals surface area contributed by atoms with Crippen LogP contribution in [0, 0.1) is 0 Å². The molecule has 0 saturated heterocycles. The van der Waals surface area contributed by atoms with Crippen LogP contribution >= 0.6 is 11.8 Å². The van der Waals surface area contributed by atoms with Gasteiger partial charge in [-0.05, 0) is 22.6 Å². The van der Waals surface area contributed by atoms with Crippen molar-refractivity contribution >= 4 is 22.5 Å². The van der Waals surface area contributed by atoms with Gasteiger partial charge in [-0.15, -0.1) is 0 Å². The molecule has 0 amide bonds. The van der Waals surface area contributed by atoms with Gasteiger partial charge in [0.25, 0.3) is 0 Å². The zero-order chi connectivity index (χ0) is 9.10. The highest BCUT2D eigenvalue weighted by Crippen LogP contribution is 2.21. The van der Waals surface area contributed by atoms with E-state index in [0.717, 1.165) is 5.75 Å². The van der Waals surface area contributed by atoms with E-state index in [0.29, 0.717) is 0 Å². The Morgan fingerprint density at radius 2 is 1.77 bits per heavy atom. The summed E-state index contributed by atoms with van der Waals surface area (Å²) in [7, 11) is 0. The Hall–Kier alpha value is -0.950. The first-order valence-electron chi connectivity index (χ1n) is 4.37. The van der Waals surface area contributed by atoms with E-state index in [1.807, 2.05) is 11.8 Å². The van der Waals surface area contributed by atoms with Gasteiger partial charge >= 0.3 is 0 Å². The molecule has 0 atom stereocenters. The van der Waals surface area contributed by atoms with Gasteiger partial charge in [-0.25, -0.2) is 0 Å². The van der Waals surface area contributed by atoms with E-state index in [2.05, 4.69) is 48.7 Å². The van der Waals surface area contributed by atoms with Crippen molar-refractivity contribution in [2.75, 3.05) is 6.26 Å². The van der Waals surface area contributed by atoms with Crippen molar-refractivity contribution in [1.82, 2.24) is 0 Å². The fourth-order valence-electron chi connectivity index (χ4n) is 1.57. The first-order chi connectivity index (χ1) is 6.42. The molecule has 0 aromatic heterocycles. The van der Waals surface area contributed by atoms with Crippen LogP contribution in [0.4, 0.5) is 0 Å². The van der Waals surface area contributed by atoms with Crippen molar-refractivity contribution < 1.29 is 0 Å². The summed E-state index contributed by atoms with van der Waals surface area (Å²) >= 11 is 1.87. The minimum absolute atomic E-state index is 1.10. The molecular weight excluding hydrogens is 176 g/mol. The monoisotopic (exact) mass is 188 g/mol. The Morgan fingerprint density at radius 3 is 2.62 bits per heavy atom. The van der Waals surface area contributed by atoms with Crippen LogP contribution in [0.5, 0.6) is 0 Å². The molecule has 0 unspecified atom stereocenters. The summed E-state index contributed by atoms with van der Waals surface area (Å²) < 4.78 is 0. The molecule has 2 aromatic rings. The van der Waals surface area contributed by atoms with Crippen LogP contribution < -0.4 is 0 Å². The van der Waals surface area contributed by atoms with Gasteiger partial charge in [-0.2, -0.15) is 11.8 Å². The van der Waals surface area contributed by atoms with Gasteiger partial charge in [0.15, 0.2) is 0 Å². The average molecular weight is 188 g/mol. The van der Waals surface area contributed by atoms with Crippen molar-refractivity contribution in [2.45, 2.75) is 5.75 Å². The fraction of sp³-hybridized carbons (Fsp3) is 0.167. The molecular formula is C12H12S. The lowest BCUT2D eigenvalue weighted by Gasteiger charge is -2.03. The molecule has 0 fully saturated rings. The Bertz CT molecular complexity index is 401. The lowest BCUT2D eigenvalue weighted by Crippen LogP contribution is -1.82. The van der Waals surface area contributed by atoms with Crippen molar-refractivity contribution in [3.05, 3.63) is 48.0 Å². The number of hydrogen-bond acceptors (Lipinski definition) is 1. The third-order valence-corrected chi connectivity index (χ3v) is 2.78. The van der Waals surface area contributed by atoms with Gasteiger partial charge < -0.3 is 0 Å². The van der Waals surface area contributed by atoms with E-state index in [4.69, 9.17) is 0 Å². The van der Waals surface area contributed by atoms with E-state index < -0.39 is 0 Å². The summed E-state index contributed by atoms with van der Waals surface area (Å²) in [6.07, 6.45) is 2.14. The highest BCUT2D eigenvalue weighted by Gasteiger charge is 1.97. The van der Waals surface area contributed by atoms with E-state index in [9.17, 15) is 0 Å². The Labute approximate surface area is 83.0 Å². The highest BCUT2D eigenvalue weighted by molar-refractivity contribution is 7.97. The maximum absolute atomic E-state index is 2.21. The lowest BCUT2D eigenvalue weighted by molar-refractivity contribution is 1.47. The largest absolute Gasteiger partial charge is 0.161 e. The Kier molecular flexibility index (Phi) is 2.55. The summed E-state index contributed by atoms with van der Waals surface area (Å²) in [5.41, 5.74) is 1.44. The first-order valence-corrected chi connectivity index (χ1v) is 5.77. The number of rotatable bonds is 2. The molecule has 66 valence electrons. The minimum atomic E-state index is 1.10. The molecule has 0 saturated carbocycles. The van der Waals surface area contributed by atoms with Crippen molar-refractivity contribution in [1.29, 1.82) is 0 Å². The summed E-state index contributed by atoms with van der Waals surface area (Å²) in [4.78, 5) is 0. The molecule has 0 aliphatic carbocycles. The number of fused-ring (bicyclic) bond motifs is 1. The lowest BCUT2D eigenvalue weighted by atomic mass is 10.1. The molecule has 0 nitrogen and oxygen atoms in total. The molecule has 13 heavy (non-hydrogen) atoms. The van der Waals surface area contributed by atoms with Gasteiger partial charge in [0.2, 0.25) is 0 Å². The normalized spacial score (nSPS) is 10.5. The second kappa shape index (κ2) is 3.84. The summed E-state index contributed by atoms with van der Waals surface area (Å²) in [5.74, 6) is 1.10. The number of thioether (sulfide) groups is 1.